The van der Waals surface area contributed by atoms with Crippen molar-refractivity contribution >= 4 is 21.8 Å². The summed E-state index contributed by atoms with van der Waals surface area (Å²) in [5, 5.41) is 0. The molecule has 1 saturated carbocycles. The quantitative estimate of drug-likeness (QED) is 0.711. The van der Waals surface area contributed by atoms with E-state index in [0.717, 1.165) is 18.4 Å². The van der Waals surface area contributed by atoms with Crippen LogP contribution in [-0.4, -0.2) is 31.1 Å². The Balaban J connectivity index is 1.92. The summed E-state index contributed by atoms with van der Waals surface area (Å²) in [7, 11) is 3.18. The minimum absolute atomic E-state index is 0.0723. The lowest BCUT2D eigenvalue weighted by atomic mass is 10.1. The number of amides is 1. The molecule has 0 unspecified atom stereocenters. The zero-order chi connectivity index (χ0) is 18.0. The highest BCUT2D eigenvalue weighted by Crippen LogP contribution is 2.33. The molecule has 1 fully saturated rings. The lowest BCUT2D eigenvalue weighted by Crippen LogP contribution is -2.33. The van der Waals surface area contributed by atoms with Crippen LogP contribution in [-0.2, 0) is 6.54 Å². The number of carbonyl (C=O) groups excluding carboxylic acids is 1. The van der Waals surface area contributed by atoms with Crippen molar-refractivity contribution in [2.24, 2.45) is 0 Å². The van der Waals surface area contributed by atoms with Crippen LogP contribution in [0.25, 0.3) is 0 Å². The molecule has 2 aromatic carbocycles. The van der Waals surface area contributed by atoms with E-state index in [0.29, 0.717) is 22.5 Å². The molecule has 0 N–H and O–H groups in total. The second kappa shape index (κ2) is 7.44. The molecule has 132 valence electrons. The Kier molecular flexibility index (Phi) is 5.27. The first-order valence-electron chi connectivity index (χ1n) is 8.00. The van der Waals surface area contributed by atoms with Gasteiger partial charge in [0, 0.05) is 16.1 Å². The second-order valence-corrected chi connectivity index (χ2v) is 6.88. The van der Waals surface area contributed by atoms with Crippen LogP contribution in [0.15, 0.2) is 40.9 Å². The molecule has 1 amide bonds. The van der Waals surface area contributed by atoms with Crippen LogP contribution < -0.4 is 9.47 Å². The van der Waals surface area contributed by atoms with Gasteiger partial charge in [0.2, 0.25) is 0 Å². The van der Waals surface area contributed by atoms with E-state index in [-0.39, 0.29) is 17.5 Å². The molecule has 0 aliphatic heterocycles. The van der Waals surface area contributed by atoms with E-state index in [1.165, 1.54) is 12.1 Å². The van der Waals surface area contributed by atoms with Gasteiger partial charge in [-0.15, -0.1) is 0 Å². The lowest BCUT2D eigenvalue weighted by Gasteiger charge is -2.24. The predicted molar refractivity (Wildman–Crippen MR) is 96.5 cm³/mol. The number of methoxy groups -OCH3 is 2. The maximum atomic E-state index is 14.2. The van der Waals surface area contributed by atoms with Crippen LogP contribution in [0.1, 0.15) is 28.8 Å². The third-order valence-electron chi connectivity index (χ3n) is 4.24. The number of halogens is 2. The third kappa shape index (κ3) is 3.95. The van der Waals surface area contributed by atoms with Gasteiger partial charge in [0.25, 0.3) is 5.91 Å². The summed E-state index contributed by atoms with van der Waals surface area (Å²) in [4.78, 5) is 14.7. The van der Waals surface area contributed by atoms with E-state index < -0.39 is 5.82 Å². The second-order valence-electron chi connectivity index (χ2n) is 5.97. The van der Waals surface area contributed by atoms with Crippen LogP contribution in [0.4, 0.5) is 4.39 Å². The molecule has 2 aromatic rings. The summed E-state index contributed by atoms with van der Waals surface area (Å²) < 4.78 is 25.5. The zero-order valence-corrected chi connectivity index (χ0v) is 15.7. The first-order chi connectivity index (χ1) is 12.0. The van der Waals surface area contributed by atoms with Gasteiger partial charge in [-0.05, 0) is 49.2 Å². The van der Waals surface area contributed by atoms with Crippen molar-refractivity contribution in [1.29, 1.82) is 0 Å². The van der Waals surface area contributed by atoms with Gasteiger partial charge < -0.3 is 14.4 Å². The molecule has 1 aliphatic carbocycles. The Morgan fingerprint density at radius 1 is 1.20 bits per heavy atom. The minimum atomic E-state index is -0.517. The Morgan fingerprint density at radius 3 is 2.60 bits per heavy atom. The Labute approximate surface area is 154 Å². The van der Waals surface area contributed by atoms with E-state index in [2.05, 4.69) is 15.9 Å². The van der Waals surface area contributed by atoms with Gasteiger partial charge in [0.15, 0.2) is 0 Å². The number of rotatable bonds is 6. The fourth-order valence-electron chi connectivity index (χ4n) is 2.76. The minimum Gasteiger partial charge on any atom is -0.497 e. The molecule has 0 bridgehead atoms. The van der Waals surface area contributed by atoms with Crippen LogP contribution in [0.3, 0.4) is 0 Å². The Hall–Kier alpha value is -2.08. The van der Waals surface area contributed by atoms with Gasteiger partial charge in [0.1, 0.15) is 17.3 Å². The number of nitrogens with zero attached hydrogens (tertiary/aromatic N) is 1. The van der Waals surface area contributed by atoms with E-state index >= 15 is 0 Å². The van der Waals surface area contributed by atoms with Crippen LogP contribution in [0.2, 0.25) is 0 Å². The average Bonchev–Trinajstić information content (AvgIpc) is 3.45. The third-order valence-corrected chi connectivity index (χ3v) is 4.73. The highest BCUT2D eigenvalue weighted by molar-refractivity contribution is 9.10. The van der Waals surface area contributed by atoms with E-state index in [1.54, 1.807) is 31.3 Å². The van der Waals surface area contributed by atoms with Crippen molar-refractivity contribution in [2.75, 3.05) is 14.2 Å². The van der Waals surface area contributed by atoms with Crippen molar-refractivity contribution in [3.8, 4) is 11.5 Å². The van der Waals surface area contributed by atoms with E-state index in [4.69, 9.17) is 9.47 Å². The molecule has 0 atom stereocenters. The molecule has 0 aromatic heterocycles. The summed E-state index contributed by atoms with van der Waals surface area (Å²) in [6.07, 6.45) is 1.85. The maximum absolute atomic E-state index is 14.2. The maximum Gasteiger partial charge on any atom is 0.257 e. The largest absolute Gasteiger partial charge is 0.497 e. The molecule has 3 rings (SSSR count). The van der Waals surface area contributed by atoms with Gasteiger partial charge in [-0.25, -0.2) is 4.39 Å². The highest BCUT2D eigenvalue weighted by atomic mass is 79.9. The average molecular weight is 408 g/mol. The molecule has 0 saturated heterocycles. The normalized spacial score (nSPS) is 13.4. The van der Waals surface area contributed by atoms with Gasteiger partial charge in [0.05, 0.1) is 26.3 Å². The molecular formula is C19H19BrFNO3. The van der Waals surface area contributed by atoms with E-state index in [1.807, 2.05) is 12.1 Å². The number of hydrogen-bond acceptors (Lipinski definition) is 3. The molecular weight excluding hydrogens is 389 g/mol. The molecule has 0 heterocycles. The monoisotopic (exact) mass is 407 g/mol. The van der Waals surface area contributed by atoms with Crippen molar-refractivity contribution in [3.63, 3.8) is 0 Å². The van der Waals surface area contributed by atoms with Gasteiger partial charge in [-0.3, -0.25) is 4.79 Å². The lowest BCUT2D eigenvalue weighted by molar-refractivity contribution is 0.0723. The molecule has 0 spiro atoms. The summed E-state index contributed by atoms with van der Waals surface area (Å²) in [6, 6.07) is 9.99. The highest BCUT2D eigenvalue weighted by Gasteiger charge is 2.34. The summed E-state index contributed by atoms with van der Waals surface area (Å²) >= 11 is 3.30. The number of hydrogen-bond donors (Lipinski definition) is 0. The SMILES string of the molecule is COc1ccc(OC)c(CN(C(=O)c2cc(Br)ccc2F)C2CC2)c1. The van der Waals surface area contributed by atoms with Crippen molar-refractivity contribution < 1.29 is 18.7 Å². The standard InChI is InChI=1S/C19H19BrFNO3/c1-24-15-6-8-18(25-2)12(9-15)11-22(14-4-5-14)19(23)16-10-13(20)3-7-17(16)21/h3,6-10,14H,4-5,11H2,1-2H3. The molecule has 1 aliphatic rings. The first kappa shape index (κ1) is 17.7. The molecule has 4 nitrogen and oxygen atoms in total. The predicted octanol–water partition coefficient (Wildman–Crippen LogP) is 4.41. The Morgan fingerprint density at radius 2 is 1.96 bits per heavy atom. The number of carbonyl (C=O) groups is 1. The number of ether oxygens (including phenoxy) is 2. The van der Waals surface area contributed by atoms with Gasteiger partial charge >= 0.3 is 0 Å². The van der Waals surface area contributed by atoms with Gasteiger partial charge in [-0.2, -0.15) is 0 Å². The van der Waals surface area contributed by atoms with Gasteiger partial charge in [-0.1, -0.05) is 15.9 Å². The molecule has 0 radical (unpaired) electrons. The smallest absolute Gasteiger partial charge is 0.257 e. The van der Waals surface area contributed by atoms with Crippen LogP contribution in [0.5, 0.6) is 11.5 Å². The molecule has 6 heteroatoms. The first-order valence-corrected chi connectivity index (χ1v) is 8.79. The zero-order valence-electron chi connectivity index (χ0n) is 14.1. The summed E-state index contributed by atoms with van der Waals surface area (Å²) in [5.74, 6) is 0.532. The fourth-order valence-corrected chi connectivity index (χ4v) is 3.12. The number of benzene rings is 2. The summed E-state index contributed by atoms with van der Waals surface area (Å²) in [6.45, 7) is 0.343. The fraction of sp³-hybridized carbons (Fsp3) is 0.316. The topological polar surface area (TPSA) is 38.8 Å². The van der Waals surface area contributed by atoms with Crippen LogP contribution >= 0.6 is 15.9 Å². The van der Waals surface area contributed by atoms with E-state index in [9.17, 15) is 9.18 Å². The van der Waals surface area contributed by atoms with Crippen molar-refractivity contribution in [2.45, 2.75) is 25.4 Å². The molecule has 25 heavy (non-hydrogen) atoms. The Bertz CT molecular complexity index is 792. The van der Waals surface area contributed by atoms with Crippen molar-refractivity contribution in [3.05, 3.63) is 57.8 Å². The van der Waals surface area contributed by atoms with Crippen molar-refractivity contribution in [1.82, 2.24) is 4.90 Å². The summed E-state index contributed by atoms with van der Waals surface area (Å²) in [5.41, 5.74) is 0.903. The van der Waals surface area contributed by atoms with Crippen LogP contribution in [0, 0.1) is 5.82 Å².